The van der Waals surface area contributed by atoms with Crippen molar-refractivity contribution in [1.82, 2.24) is 4.31 Å². The number of hydrogen-bond donors (Lipinski definition) is 0. The first-order chi connectivity index (χ1) is 8.58. The molecule has 0 aromatic heterocycles. The lowest BCUT2D eigenvalue weighted by atomic mass is 9.97. The van der Waals surface area contributed by atoms with Crippen LogP contribution < -0.4 is 4.74 Å². The molecule has 1 aromatic rings. The standard InChI is InChI=1S/C14H23NO3S/c1-11-9-12(7-8-13(11)18-6)19(16,17)15(5)10-14(2,3)4/h7-9H,10H2,1-6H3. The third-order valence-electron chi connectivity index (χ3n) is 2.77. The van der Waals surface area contributed by atoms with E-state index >= 15 is 0 Å². The maximum atomic E-state index is 12.4. The molecule has 0 saturated heterocycles. The third-order valence-corrected chi connectivity index (χ3v) is 4.57. The normalized spacial score (nSPS) is 12.8. The maximum Gasteiger partial charge on any atom is 0.242 e. The molecule has 0 fully saturated rings. The third kappa shape index (κ3) is 3.94. The molecule has 0 bridgehead atoms. The van der Waals surface area contributed by atoms with E-state index in [1.165, 1.54) is 4.31 Å². The van der Waals surface area contributed by atoms with Crippen molar-refractivity contribution in [3.8, 4) is 5.75 Å². The van der Waals surface area contributed by atoms with Gasteiger partial charge < -0.3 is 4.74 Å². The summed E-state index contributed by atoms with van der Waals surface area (Å²) >= 11 is 0. The van der Waals surface area contributed by atoms with E-state index < -0.39 is 10.0 Å². The molecule has 0 aliphatic heterocycles. The monoisotopic (exact) mass is 285 g/mol. The van der Waals surface area contributed by atoms with Crippen LogP contribution in [-0.2, 0) is 10.0 Å². The van der Waals surface area contributed by atoms with Gasteiger partial charge in [0.1, 0.15) is 5.75 Å². The Morgan fingerprint density at radius 2 is 1.84 bits per heavy atom. The van der Waals surface area contributed by atoms with Gasteiger partial charge in [-0.2, -0.15) is 0 Å². The zero-order valence-corrected chi connectivity index (χ0v) is 13.3. The minimum atomic E-state index is -3.44. The van der Waals surface area contributed by atoms with Crippen molar-refractivity contribution < 1.29 is 13.2 Å². The van der Waals surface area contributed by atoms with Crippen molar-refractivity contribution in [1.29, 1.82) is 0 Å². The summed E-state index contributed by atoms with van der Waals surface area (Å²) in [6.45, 7) is 8.34. The predicted octanol–water partition coefficient (Wildman–Crippen LogP) is 2.67. The Hall–Kier alpha value is -1.07. The van der Waals surface area contributed by atoms with Gasteiger partial charge in [-0.1, -0.05) is 20.8 Å². The SMILES string of the molecule is COc1ccc(S(=O)(=O)N(C)CC(C)(C)C)cc1C. The van der Waals surface area contributed by atoms with Gasteiger partial charge in [-0.3, -0.25) is 0 Å². The van der Waals surface area contributed by atoms with Crippen LogP contribution in [0.2, 0.25) is 0 Å². The van der Waals surface area contributed by atoms with Crippen molar-refractivity contribution in [2.24, 2.45) is 5.41 Å². The summed E-state index contributed by atoms with van der Waals surface area (Å²) in [5.74, 6) is 0.692. The summed E-state index contributed by atoms with van der Waals surface area (Å²) in [5, 5.41) is 0. The Labute approximate surface area is 116 Å². The molecule has 0 aliphatic carbocycles. The summed E-state index contributed by atoms with van der Waals surface area (Å²) in [6.07, 6.45) is 0. The van der Waals surface area contributed by atoms with Gasteiger partial charge in [-0.25, -0.2) is 12.7 Å². The van der Waals surface area contributed by atoms with Crippen molar-refractivity contribution in [3.05, 3.63) is 23.8 Å². The molecule has 19 heavy (non-hydrogen) atoms. The quantitative estimate of drug-likeness (QED) is 0.854. The largest absolute Gasteiger partial charge is 0.496 e. The second kappa shape index (κ2) is 5.51. The summed E-state index contributed by atoms with van der Waals surface area (Å²) < 4.78 is 31.4. The Balaban J connectivity index is 3.10. The highest BCUT2D eigenvalue weighted by Gasteiger charge is 2.25. The number of nitrogens with zero attached hydrogens (tertiary/aromatic N) is 1. The smallest absolute Gasteiger partial charge is 0.242 e. The number of aryl methyl sites for hydroxylation is 1. The fourth-order valence-electron chi connectivity index (χ4n) is 1.94. The van der Waals surface area contributed by atoms with Gasteiger partial charge >= 0.3 is 0 Å². The number of benzene rings is 1. The van der Waals surface area contributed by atoms with Crippen molar-refractivity contribution in [2.45, 2.75) is 32.6 Å². The lowest BCUT2D eigenvalue weighted by Crippen LogP contribution is -2.34. The first kappa shape index (κ1) is 16.0. The summed E-state index contributed by atoms with van der Waals surface area (Å²) in [4.78, 5) is 0.303. The summed E-state index contributed by atoms with van der Waals surface area (Å²) in [6, 6.07) is 4.92. The Bertz CT molecular complexity index is 544. The zero-order valence-electron chi connectivity index (χ0n) is 12.5. The van der Waals surface area contributed by atoms with Crippen molar-refractivity contribution in [2.75, 3.05) is 20.7 Å². The Morgan fingerprint density at radius 3 is 2.26 bits per heavy atom. The molecular weight excluding hydrogens is 262 g/mol. The second-order valence-electron chi connectivity index (χ2n) is 5.95. The molecule has 108 valence electrons. The van der Waals surface area contributed by atoms with E-state index in [-0.39, 0.29) is 5.41 Å². The van der Waals surface area contributed by atoms with Crippen LogP contribution in [0.25, 0.3) is 0 Å². The molecule has 0 N–H and O–H groups in total. The number of ether oxygens (including phenoxy) is 1. The molecular formula is C14H23NO3S. The van der Waals surface area contributed by atoms with Crippen LogP contribution >= 0.6 is 0 Å². The average Bonchev–Trinajstić information content (AvgIpc) is 2.26. The lowest BCUT2D eigenvalue weighted by molar-refractivity contribution is 0.310. The first-order valence-electron chi connectivity index (χ1n) is 6.19. The van der Waals surface area contributed by atoms with Crippen LogP contribution in [-0.4, -0.2) is 33.4 Å². The number of sulfonamides is 1. The number of rotatable bonds is 4. The van der Waals surface area contributed by atoms with E-state index in [4.69, 9.17) is 4.74 Å². The molecule has 0 heterocycles. The Morgan fingerprint density at radius 1 is 1.26 bits per heavy atom. The molecule has 5 heteroatoms. The Kier molecular flexibility index (Phi) is 4.63. The van der Waals surface area contributed by atoms with Crippen molar-refractivity contribution in [3.63, 3.8) is 0 Å². The number of methoxy groups -OCH3 is 1. The van der Waals surface area contributed by atoms with Gasteiger partial charge in [0.25, 0.3) is 0 Å². The van der Waals surface area contributed by atoms with E-state index in [9.17, 15) is 8.42 Å². The van der Waals surface area contributed by atoms with E-state index in [2.05, 4.69) is 0 Å². The molecule has 0 unspecified atom stereocenters. The van der Waals surface area contributed by atoms with Crippen LogP contribution in [0, 0.1) is 12.3 Å². The van der Waals surface area contributed by atoms with Gasteiger partial charge in [0, 0.05) is 13.6 Å². The molecule has 1 aromatic carbocycles. The topological polar surface area (TPSA) is 46.6 Å². The average molecular weight is 285 g/mol. The van der Waals surface area contributed by atoms with E-state index in [0.29, 0.717) is 17.2 Å². The van der Waals surface area contributed by atoms with Gasteiger partial charge in [-0.15, -0.1) is 0 Å². The second-order valence-corrected chi connectivity index (χ2v) is 8.00. The fourth-order valence-corrected chi connectivity index (χ4v) is 3.43. The molecule has 4 nitrogen and oxygen atoms in total. The molecule has 0 radical (unpaired) electrons. The minimum absolute atomic E-state index is 0.0800. The highest BCUT2D eigenvalue weighted by molar-refractivity contribution is 7.89. The van der Waals surface area contributed by atoms with Gasteiger partial charge in [0.15, 0.2) is 0 Å². The summed E-state index contributed by atoms with van der Waals surface area (Å²) in [7, 11) is -0.259. The maximum absolute atomic E-state index is 12.4. The minimum Gasteiger partial charge on any atom is -0.496 e. The van der Waals surface area contributed by atoms with E-state index in [1.54, 1.807) is 32.4 Å². The molecule has 0 atom stereocenters. The molecule has 0 aliphatic rings. The number of hydrogen-bond acceptors (Lipinski definition) is 3. The van der Waals surface area contributed by atoms with E-state index in [1.807, 2.05) is 27.7 Å². The van der Waals surface area contributed by atoms with E-state index in [0.717, 1.165) is 5.56 Å². The first-order valence-corrected chi connectivity index (χ1v) is 7.63. The zero-order chi connectivity index (χ0) is 14.8. The van der Waals surface area contributed by atoms with Crippen LogP contribution in [0.1, 0.15) is 26.3 Å². The van der Waals surface area contributed by atoms with Crippen molar-refractivity contribution >= 4 is 10.0 Å². The van der Waals surface area contributed by atoms with Gasteiger partial charge in [0.2, 0.25) is 10.0 Å². The highest BCUT2D eigenvalue weighted by atomic mass is 32.2. The molecule has 0 saturated carbocycles. The van der Waals surface area contributed by atoms with Gasteiger partial charge in [0.05, 0.1) is 12.0 Å². The van der Waals surface area contributed by atoms with Crippen LogP contribution in [0.15, 0.2) is 23.1 Å². The van der Waals surface area contributed by atoms with Crippen LogP contribution in [0.5, 0.6) is 5.75 Å². The molecule has 1 rings (SSSR count). The molecule has 0 amide bonds. The predicted molar refractivity (Wildman–Crippen MR) is 77.0 cm³/mol. The van der Waals surface area contributed by atoms with Crippen LogP contribution in [0.4, 0.5) is 0 Å². The lowest BCUT2D eigenvalue weighted by Gasteiger charge is -2.26. The fraction of sp³-hybridized carbons (Fsp3) is 0.571. The molecule has 0 spiro atoms. The highest BCUT2D eigenvalue weighted by Crippen LogP contribution is 2.25. The van der Waals surface area contributed by atoms with Gasteiger partial charge in [-0.05, 0) is 36.1 Å². The van der Waals surface area contributed by atoms with Crippen LogP contribution in [0.3, 0.4) is 0 Å². The summed E-state index contributed by atoms with van der Waals surface area (Å²) in [5.41, 5.74) is 0.733.